The van der Waals surface area contributed by atoms with Crippen LogP contribution in [0.3, 0.4) is 0 Å². The van der Waals surface area contributed by atoms with Crippen molar-refractivity contribution in [1.29, 1.82) is 0 Å². The maximum absolute atomic E-state index is 11.2. The average Bonchev–Trinajstić information content (AvgIpc) is 2.89. The van der Waals surface area contributed by atoms with Crippen LogP contribution in [0.2, 0.25) is 0 Å². The van der Waals surface area contributed by atoms with Crippen LogP contribution < -0.4 is 9.47 Å². The number of hydrogen-bond acceptors (Lipinski definition) is 4. The number of carbonyl (C=O) groups is 1. The molecule has 1 fully saturated rings. The summed E-state index contributed by atoms with van der Waals surface area (Å²) < 4.78 is 11.4. The molecule has 6 heteroatoms. The summed E-state index contributed by atoms with van der Waals surface area (Å²) in [5.74, 6) is 1.33. The highest BCUT2D eigenvalue weighted by Gasteiger charge is 2.49. The number of nitrogens with zero attached hydrogens (tertiary/aromatic N) is 2. The molecule has 6 nitrogen and oxygen atoms in total. The number of pyridine rings is 1. The van der Waals surface area contributed by atoms with E-state index < -0.39 is 11.7 Å². The number of hydrogen-bond donors (Lipinski definition) is 1. The summed E-state index contributed by atoms with van der Waals surface area (Å²) in [6, 6.07) is 1.86. The zero-order chi connectivity index (χ0) is 14.3. The third-order valence-electron chi connectivity index (χ3n) is 3.96. The standard InChI is InChI=1S/C14H18N2O4/c1-3-19-12-4-10-6-14(20-11(10)7-15-12)5-9(2)16(8-14)13(17)18/h4,7,9H,3,5-6,8H2,1-2H3,(H,17,18)/t9-,14-/m0/s1. The Labute approximate surface area is 117 Å². The fourth-order valence-electron chi connectivity index (χ4n) is 3.17. The Hall–Kier alpha value is -1.98. The van der Waals surface area contributed by atoms with Gasteiger partial charge in [-0.2, -0.15) is 0 Å². The molecular formula is C14H18N2O4. The van der Waals surface area contributed by atoms with E-state index in [0.29, 0.717) is 31.9 Å². The zero-order valence-electron chi connectivity index (χ0n) is 11.6. The number of aromatic nitrogens is 1. The first-order valence-corrected chi connectivity index (χ1v) is 6.83. The van der Waals surface area contributed by atoms with Gasteiger partial charge in [-0.15, -0.1) is 0 Å². The van der Waals surface area contributed by atoms with Gasteiger partial charge < -0.3 is 19.5 Å². The molecule has 1 spiro atoms. The lowest BCUT2D eigenvalue weighted by Crippen LogP contribution is -2.39. The highest BCUT2D eigenvalue weighted by Crippen LogP contribution is 2.42. The molecule has 1 saturated heterocycles. The molecule has 0 saturated carbocycles. The van der Waals surface area contributed by atoms with Crippen molar-refractivity contribution in [2.45, 2.75) is 38.3 Å². The molecule has 0 aromatic carbocycles. The molecule has 2 aliphatic rings. The van der Waals surface area contributed by atoms with Gasteiger partial charge in [0.15, 0.2) is 0 Å². The van der Waals surface area contributed by atoms with E-state index in [2.05, 4.69) is 4.98 Å². The average molecular weight is 278 g/mol. The van der Waals surface area contributed by atoms with Crippen LogP contribution in [-0.4, -0.2) is 45.9 Å². The molecule has 20 heavy (non-hydrogen) atoms. The van der Waals surface area contributed by atoms with Crippen molar-refractivity contribution in [2.24, 2.45) is 0 Å². The minimum absolute atomic E-state index is 0.0267. The van der Waals surface area contributed by atoms with E-state index in [1.807, 2.05) is 19.9 Å². The van der Waals surface area contributed by atoms with E-state index in [9.17, 15) is 9.90 Å². The molecule has 3 heterocycles. The van der Waals surface area contributed by atoms with Crippen LogP contribution in [0.5, 0.6) is 11.6 Å². The van der Waals surface area contributed by atoms with Crippen LogP contribution >= 0.6 is 0 Å². The predicted molar refractivity (Wildman–Crippen MR) is 71.3 cm³/mol. The van der Waals surface area contributed by atoms with Crippen LogP contribution in [0.4, 0.5) is 4.79 Å². The Bertz CT molecular complexity index is 548. The second kappa shape index (κ2) is 4.54. The van der Waals surface area contributed by atoms with Crippen molar-refractivity contribution >= 4 is 6.09 Å². The monoisotopic (exact) mass is 278 g/mol. The van der Waals surface area contributed by atoms with Crippen molar-refractivity contribution in [3.8, 4) is 11.6 Å². The first-order valence-electron chi connectivity index (χ1n) is 6.83. The van der Waals surface area contributed by atoms with Crippen molar-refractivity contribution < 1.29 is 19.4 Å². The van der Waals surface area contributed by atoms with Crippen LogP contribution in [0.25, 0.3) is 0 Å². The van der Waals surface area contributed by atoms with Gasteiger partial charge in [-0.25, -0.2) is 9.78 Å². The summed E-state index contributed by atoms with van der Waals surface area (Å²) in [6.07, 6.45) is 2.20. The van der Waals surface area contributed by atoms with E-state index in [4.69, 9.17) is 9.47 Å². The lowest BCUT2D eigenvalue weighted by molar-refractivity contribution is 0.0960. The smallest absolute Gasteiger partial charge is 0.407 e. The first-order chi connectivity index (χ1) is 9.53. The maximum Gasteiger partial charge on any atom is 0.407 e. The summed E-state index contributed by atoms with van der Waals surface area (Å²) >= 11 is 0. The van der Waals surface area contributed by atoms with Crippen molar-refractivity contribution in [3.63, 3.8) is 0 Å². The predicted octanol–water partition coefficient (Wildman–Crippen LogP) is 1.93. The molecule has 108 valence electrons. The van der Waals surface area contributed by atoms with Crippen LogP contribution in [0.15, 0.2) is 12.3 Å². The quantitative estimate of drug-likeness (QED) is 0.895. The Kier molecular flexibility index (Phi) is 2.96. The van der Waals surface area contributed by atoms with Gasteiger partial charge in [0.1, 0.15) is 11.4 Å². The third-order valence-corrected chi connectivity index (χ3v) is 3.96. The second-order valence-corrected chi connectivity index (χ2v) is 5.49. The van der Waals surface area contributed by atoms with E-state index >= 15 is 0 Å². The van der Waals surface area contributed by atoms with Crippen LogP contribution in [0, 0.1) is 0 Å². The van der Waals surface area contributed by atoms with Crippen molar-refractivity contribution in [1.82, 2.24) is 9.88 Å². The summed E-state index contributed by atoms with van der Waals surface area (Å²) in [5, 5.41) is 9.20. The Morgan fingerprint density at radius 2 is 2.50 bits per heavy atom. The summed E-state index contributed by atoms with van der Waals surface area (Å²) in [5.41, 5.74) is 0.607. The second-order valence-electron chi connectivity index (χ2n) is 5.49. The number of fused-ring (bicyclic) bond motifs is 1. The van der Waals surface area contributed by atoms with Crippen molar-refractivity contribution in [3.05, 3.63) is 17.8 Å². The normalized spacial score (nSPS) is 27.5. The van der Waals surface area contributed by atoms with Gasteiger partial charge in [-0.05, 0) is 13.8 Å². The van der Waals surface area contributed by atoms with Gasteiger partial charge >= 0.3 is 6.09 Å². The van der Waals surface area contributed by atoms with Gasteiger partial charge in [0, 0.05) is 30.5 Å². The van der Waals surface area contributed by atoms with Crippen LogP contribution in [-0.2, 0) is 6.42 Å². The summed E-state index contributed by atoms with van der Waals surface area (Å²) in [6.45, 7) is 4.80. The van der Waals surface area contributed by atoms with Gasteiger partial charge in [0.05, 0.1) is 19.3 Å². The fourth-order valence-corrected chi connectivity index (χ4v) is 3.17. The summed E-state index contributed by atoms with van der Waals surface area (Å²) in [4.78, 5) is 16.8. The molecule has 2 atom stereocenters. The van der Waals surface area contributed by atoms with Crippen LogP contribution in [0.1, 0.15) is 25.8 Å². The topological polar surface area (TPSA) is 71.9 Å². The largest absolute Gasteiger partial charge is 0.483 e. The molecular weight excluding hydrogens is 260 g/mol. The lowest BCUT2D eigenvalue weighted by Gasteiger charge is -2.22. The molecule has 1 aromatic heterocycles. The Balaban J connectivity index is 1.82. The van der Waals surface area contributed by atoms with Gasteiger partial charge in [0.25, 0.3) is 0 Å². The van der Waals surface area contributed by atoms with Crippen molar-refractivity contribution in [2.75, 3.05) is 13.2 Å². The molecule has 0 aliphatic carbocycles. The number of ether oxygens (including phenoxy) is 2. The molecule has 0 unspecified atom stereocenters. The fraction of sp³-hybridized carbons (Fsp3) is 0.571. The minimum Gasteiger partial charge on any atom is -0.483 e. The van der Waals surface area contributed by atoms with E-state index in [1.54, 1.807) is 6.20 Å². The zero-order valence-corrected chi connectivity index (χ0v) is 11.6. The maximum atomic E-state index is 11.2. The molecule has 0 bridgehead atoms. The van der Waals surface area contributed by atoms with E-state index in [1.165, 1.54) is 4.90 Å². The number of likely N-dealkylation sites (tertiary alicyclic amines) is 1. The van der Waals surface area contributed by atoms with Gasteiger partial charge in [-0.1, -0.05) is 0 Å². The number of rotatable bonds is 2. The summed E-state index contributed by atoms with van der Waals surface area (Å²) in [7, 11) is 0. The van der Waals surface area contributed by atoms with Gasteiger partial charge in [0.2, 0.25) is 5.88 Å². The first kappa shape index (κ1) is 13.0. The Morgan fingerprint density at radius 3 is 3.15 bits per heavy atom. The number of carboxylic acid groups (broad SMARTS) is 1. The number of amides is 1. The third kappa shape index (κ3) is 2.05. The lowest BCUT2D eigenvalue weighted by atomic mass is 9.95. The Morgan fingerprint density at radius 1 is 1.70 bits per heavy atom. The highest BCUT2D eigenvalue weighted by atomic mass is 16.5. The van der Waals surface area contributed by atoms with E-state index in [-0.39, 0.29) is 6.04 Å². The molecule has 3 rings (SSSR count). The molecule has 1 amide bonds. The molecule has 1 N–H and O–H groups in total. The highest BCUT2D eigenvalue weighted by molar-refractivity contribution is 5.66. The van der Waals surface area contributed by atoms with E-state index in [0.717, 1.165) is 11.3 Å². The minimum atomic E-state index is -0.887. The SMILES string of the molecule is CCOc1cc2c(cn1)O[C@]1(C2)C[C@H](C)N(C(=O)O)C1. The van der Waals surface area contributed by atoms with Gasteiger partial charge in [-0.3, -0.25) is 0 Å². The molecule has 2 aliphatic heterocycles. The molecule has 0 radical (unpaired) electrons. The molecule has 1 aromatic rings.